The molecule has 0 spiro atoms. The summed E-state index contributed by atoms with van der Waals surface area (Å²) in [5, 5.41) is 0. The fourth-order valence-electron chi connectivity index (χ4n) is 5.85. The molecule has 4 nitrogen and oxygen atoms in total. The lowest BCUT2D eigenvalue weighted by Crippen LogP contribution is -2.64. The molecule has 27 heavy (non-hydrogen) atoms. The highest BCUT2D eigenvalue weighted by Crippen LogP contribution is 2.42. The Labute approximate surface area is 161 Å². The van der Waals surface area contributed by atoms with Crippen LogP contribution in [-0.2, 0) is 6.42 Å². The zero-order valence-electron chi connectivity index (χ0n) is 15.9. The number of aromatic amines is 1. The highest BCUT2D eigenvalue weighted by Gasteiger charge is 2.47. The Morgan fingerprint density at radius 1 is 1.07 bits per heavy atom. The van der Waals surface area contributed by atoms with E-state index in [9.17, 15) is 4.79 Å². The molecule has 1 amide bonds. The first-order valence-corrected chi connectivity index (χ1v) is 10.5. The summed E-state index contributed by atoms with van der Waals surface area (Å²) < 4.78 is 0. The second-order valence-electron chi connectivity index (χ2n) is 8.62. The van der Waals surface area contributed by atoms with Crippen LogP contribution in [0.15, 0.2) is 48.8 Å². The van der Waals surface area contributed by atoms with E-state index in [-0.39, 0.29) is 5.91 Å². The molecule has 4 atom stereocenters. The number of hydrogen-bond donors (Lipinski definition) is 1. The van der Waals surface area contributed by atoms with Gasteiger partial charge in [0.05, 0.1) is 5.56 Å². The fraction of sp³-hybridized carbons (Fsp3) is 0.522. The highest BCUT2D eigenvalue weighted by molar-refractivity contribution is 5.94. The monoisotopic (exact) mass is 363 g/mol. The zero-order valence-corrected chi connectivity index (χ0v) is 15.9. The Morgan fingerprint density at radius 2 is 1.93 bits per heavy atom. The van der Waals surface area contributed by atoms with Gasteiger partial charge in [0.25, 0.3) is 5.91 Å². The molecule has 0 saturated carbocycles. The molecule has 1 aromatic carbocycles. The van der Waals surface area contributed by atoms with Gasteiger partial charge in [-0.2, -0.15) is 0 Å². The van der Waals surface area contributed by atoms with Gasteiger partial charge >= 0.3 is 0 Å². The summed E-state index contributed by atoms with van der Waals surface area (Å²) in [6, 6.07) is 14.0. The van der Waals surface area contributed by atoms with Crippen LogP contribution in [-0.4, -0.2) is 52.4 Å². The average Bonchev–Trinajstić information content (AvgIpc) is 3.26. The molecule has 0 radical (unpaired) electrons. The lowest BCUT2D eigenvalue weighted by atomic mass is 9.71. The van der Waals surface area contributed by atoms with Crippen molar-refractivity contribution in [3.8, 4) is 0 Å². The van der Waals surface area contributed by atoms with E-state index in [1.807, 2.05) is 18.5 Å². The first-order valence-electron chi connectivity index (χ1n) is 10.5. The zero-order chi connectivity index (χ0) is 18.2. The van der Waals surface area contributed by atoms with Gasteiger partial charge in [0, 0.05) is 37.6 Å². The van der Waals surface area contributed by atoms with Gasteiger partial charge in [-0.05, 0) is 55.7 Å². The molecule has 5 rings (SSSR count). The topological polar surface area (TPSA) is 39.3 Å². The normalized spacial score (nSPS) is 30.7. The molecule has 0 aliphatic carbocycles. The number of nitrogens with one attached hydrogen (secondary N) is 1. The third-order valence-corrected chi connectivity index (χ3v) is 7.04. The van der Waals surface area contributed by atoms with E-state index < -0.39 is 0 Å². The Hall–Kier alpha value is -2.07. The molecular formula is C23H29N3O. The van der Waals surface area contributed by atoms with Crippen LogP contribution in [0.5, 0.6) is 0 Å². The molecule has 3 aliphatic rings. The molecule has 3 saturated heterocycles. The maximum Gasteiger partial charge on any atom is 0.255 e. The molecule has 2 aromatic rings. The molecular weight excluding hydrogens is 334 g/mol. The minimum atomic E-state index is 0.202. The van der Waals surface area contributed by atoms with Crippen molar-refractivity contribution in [2.45, 2.75) is 44.2 Å². The second-order valence-corrected chi connectivity index (χ2v) is 8.62. The molecule has 2 bridgehead atoms. The van der Waals surface area contributed by atoms with Crippen LogP contribution in [0, 0.1) is 11.8 Å². The summed E-state index contributed by atoms with van der Waals surface area (Å²) >= 11 is 0. The number of hydrogen-bond acceptors (Lipinski definition) is 2. The van der Waals surface area contributed by atoms with E-state index in [0.717, 1.165) is 25.1 Å². The number of nitrogens with zero attached hydrogens (tertiary/aromatic N) is 2. The van der Waals surface area contributed by atoms with Gasteiger partial charge in [0.15, 0.2) is 0 Å². The van der Waals surface area contributed by atoms with E-state index >= 15 is 0 Å². The van der Waals surface area contributed by atoms with Gasteiger partial charge in [-0.1, -0.05) is 36.8 Å². The minimum absolute atomic E-state index is 0.202. The molecule has 3 fully saturated rings. The SMILES string of the molecule is O=C(c1cc[nH]c1)N1C[C@H]2C[C@@H](C1)[C@H](Cc1ccccc1)N1CCCC[C@@H]21. The Kier molecular flexibility index (Phi) is 4.52. The molecule has 4 heteroatoms. The van der Waals surface area contributed by atoms with Gasteiger partial charge in [-0.25, -0.2) is 0 Å². The lowest BCUT2D eigenvalue weighted by Gasteiger charge is -2.57. The largest absolute Gasteiger partial charge is 0.367 e. The van der Waals surface area contributed by atoms with Crippen molar-refractivity contribution in [3.05, 3.63) is 59.9 Å². The maximum atomic E-state index is 13.0. The minimum Gasteiger partial charge on any atom is -0.367 e. The number of rotatable bonds is 3. The van der Waals surface area contributed by atoms with Crippen molar-refractivity contribution in [3.63, 3.8) is 0 Å². The third-order valence-electron chi connectivity index (χ3n) is 7.04. The molecule has 3 aliphatic heterocycles. The number of carbonyl (C=O) groups excluding carboxylic acids is 1. The number of amides is 1. The van der Waals surface area contributed by atoms with Gasteiger partial charge in [-0.3, -0.25) is 9.69 Å². The predicted molar refractivity (Wildman–Crippen MR) is 107 cm³/mol. The quantitative estimate of drug-likeness (QED) is 0.905. The number of H-pyrrole nitrogens is 1. The van der Waals surface area contributed by atoms with Crippen LogP contribution in [0.25, 0.3) is 0 Å². The van der Waals surface area contributed by atoms with Crippen molar-refractivity contribution < 1.29 is 4.79 Å². The Morgan fingerprint density at radius 3 is 2.74 bits per heavy atom. The van der Waals surface area contributed by atoms with Crippen molar-refractivity contribution in [2.24, 2.45) is 11.8 Å². The van der Waals surface area contributed by atoms with Crippen LogP contribution >= 0.6 is 0 Å². The summed E-state index contributed by atoms with van der Waals surface area (Å²) in [6.07, 6.45) is 10.0. The highest BCUT2D eigenvalue weighted by atomic mass is 16.2. The van der Waals surface area contributed by atoms with Gasteiger partial charge in [0.2, 0.25) is 0 Å². The molecule has 1 N–H and O–H groups in total. The fourth-order valence-corrected chi connectivity index (χ4v) is 5.85. The lowest BCUT2D eigenvalue weighted by molar-refractivity contribution is -0.0642. The van der Waals surface area contributed by atoms with Gasteiger partial charge < -0.3 is 9.88 Å². The van der Waals surface area contributed by atoms with Crippen LogP contribution < -0.4 is 0 Å². The number of fused-ring (bicyclic) bond motifs is 4. The van der Waals surface area contributed by atoms with Crippen LogP contribution in [0.3, 0.4) is 0 Å². The molecule has 0 unspecified atom stereocenters. The van der Waals surface area contributed by atoms with Crippen molar-refractivity contribution in [1.29, 1.82) is 0 Å². The number of carbonyl (C=O) groups is 1. The van der Waals surface area contributed by atoms with Crippen molar-refractivity contribution >= 4 is 5.91 Å². The summed E-state index contributed by atoms with van der Waals surface area (Å²) in [7, 11) is 0. The van der Waals surface area contributed by atoms with Crippen molar-refractivity contribution in [1.82, 2.24) is 14.8 Å². The summed E-state index contributed by atoms with van der Waals surface area (Å²) in [6.45, 7) is 3.07. The van der Waals surface area contributed by atoms with E-state index in [0.29, 0.717) is 23.9 Å². The number of piperidine rings is 3. The molecule has 4 heterocycles. The van der Waals surface area contributed by atoms with Crippen molar-refractivity contribution in [2.75, 3.05) is 19.6 Å². The number of likely N-dealkylation sites (tertiary alicyclic amines) is 1. The van der Waals surface area contributed by atoms with E-state index in [1.54, 1.807) is 0 Å². The van der Waals surface area contributed by atoms with Crippen LogP contribution in [0.1, 0.15) is 41.6 Å². The molecule has 142 valence electrons. The molecule has 1 aromatic heterocycles. The number of benzene rings is 1. The first-order chi connectivity index (χ1) is 13.3. The van der Waals surface area contributed by atoms with E-state index in [1.165, 1.54) is 37.8 Å². The third kappa shape index (κ3) is 3.20. The van der Waals surface area contributed by atoms with Crippen LogP contribution in [0.2, 0.25) is 0 Å². The van der Waals surface area contributed by atoms with E-state index in [2.05, 4.69) is 45.1 Å². The second kappa shape index (κ2) is 7.16. The average molecular weight is 364 g/mol. The van der Waals surface area contributed by atoms with Crippen LogP contribution in [0.4, 0.5) is 0 Å². The van der Waals surface area contributed by atoms with Gasteiger partial charge in [0.1, 0.15) is 0 Å². The maximum absolute atomic E-state index is 13.0. The summed E-state index contributed by atoms with van der Waals surface area (Å²) in [4.78, 5) is 21.0. The summed E-state index contributed by atoms with van der Waals surface area (Å²) in [5.41, 5.74) is 2.23. The first kappa shape index (κ1) is 17.1. The standard InChI is InChI=1S/C23H29N3O/c27-23(18-9-10-24-14-18)25-15-19-13-20(16-25)22(12-17-6-2-1-3-7-17)26-11-5-4-8-21(19)26/h1-3,6-7,9-10,14,19-22,24H,4-5,8,11-13,15-16H2/t19-,20+,21+,22+/m1/s1. The smallest absolute Gasteiger partial charge is 0.255 e. The predicted octanol–water partition coefficient (Wildman–Crippen LogP) is 3.57. The number of aromatic nitrogens is 1. The summed E-state index contributed by atoms with van der Waals surface area (Å²) in [5.74, 6) is 1.42. The van der Waals surface area contributed by atoms with Gasteiger partial charge in [-0.15, -0.1) is 0 Å². The Balaban J connectivity index is 1.41. The Bertz CT molecular complexity index is 772. The van der Waals surface area contributed by atoms with E-state index in [4.69, 9.17) is 0 Å².